The molecule has 0 spiro atoms. The molecule has 100 valence electrons. The van der Waals surface area contributed by atoms with E-state index in [1.54, 1.807) is 12.1 Å². The van der Waals surface area contributed by atoms with Gasteiger partial charge in [0.15, 0.2) is 0 Å². The van der Waals surface area contributed by atoms with Gasteiger partial charge in [-0.25, -0.2) is 0 Å². The number of benzene rings is 1. The van der Waals surface area contributed by atoms with E-state index in [2.05, 4.69) is 0 Å². The van der Waals surface area contributed by atoms with Crippen LogP contribution in [0.15, 0.2) is 29.2 Å². The summed E-state index contributed by atoms with van der Waals surface area (Å²) in [5.41, 5.74) is 0.927. The lowest BCUT2D eigenvalue weighted by Gasteiger charge is -2.21. The smallest absolute Gasteiger partial charge is 0.296 e. The van der Waals surface area contributed by atoms with Crippen LogP contribution >= 0.6 is 0 Å². The third-order valence-electron chi connectivity index (χ3n) is 2.86. The minimum Gasteiger partial charge on any atom is -0.381 e. The summed E-state index contributed by atoms with van der Waals surface area (Å²) in [6.07, 6.45) is 0.910. The van der Waals surface area contributed by atoms with Gasteiger partial charge < -0.3 is 4.74 Å². The molecular formula is C13H18O4S. The Bertz CT molecular complexity index is 548. The molecule has 4 nitrogen and oxygen atoms in total. The fourth-order valence-corrected chi connectivity index (χ4v) is 2.53. The molecule has 0 unspecified atom stereocenters. The molecule has 1 aliphatic rings. The minimum atomic E-state index is -4.10. The summed E-state index contributed by atoms with van der Waals surface area (Å²) in [5, 5.41) is 0. The predicted octanol–water partition coefficient (Wildman–Crippen LogP) is 2.13. The lowest BCUT2D eigenvalue weighted by Crippen LogP contribution is -2.22. The van der Waals surface area contributed by atoms with E-state index in [0.29, 0.717) is 26.1 Å². The Balaban J connectivity index is 2.16. The van der Waals surface area contributed by atoms with Crippen molar-refractivity contribution in [2.75, 3.05) is 19.8 Å². The lowest BCUT2D eigenvalue weighted by molar-refractivity contribution is 0.0507. The summed E-state index contributed by atoms with van der Waals surface area (Å²) >= 11 is 0. The van der Waals surface area contributed by atoms with Crippen molar-refractivity contribution in [3.05, 3.63) is 29.8 Å². The van der Waals surface area contributed by atoms with Gasteiger partial charge in [-0.05, 0) is 37.8 Å². The fraction of sp³-hybridized carbons (Fsp3) is 0.538. The van der Waals surface area contributed by atoms with Gasteiger partial charge in [-0.1, -0.05) is 17.7 Å². The molecule has 0 atom stereocenters. The molecule has 0 amide bonds. The quantitative estimate of drug-likeness (QED) is 0.788. The molecule has 0 saturated carbocycles. The van der Waals surface area contributed by atoms with Crippen molar-refractivity contribution in [1.82, 2.24) is 0 Å². The highest BCUT2D eigenvalue weighted by Crippen LogP contribution is 2.19. The highest BCUT2D eigenvalue weighted by molar-refractivity contribution is 7.86. The maximum atomic E-state index is 12.1. The van der Waals surface area contributed by atoms with E-state index in [4.69, 9.17) is 11.7 Å². The first-order valence-corrected chi connectivity index (χ1v) is 7.32. The number of hydrogen-bond donors (Lipinski definition) is 0. The zero-order valence-corrected chi connectivity index (χ0v) is 11.1. The van der Waals surface area contributed by atoms with E-state index in [1.807, 2.05) is 6.92 Å². The van der Waals surface area contributed by atoms with Crippen molar-refractivity contribution in [3.8, 4) is 0 Å². The highest BCUT2D eigenvalue weighted by atomic mass is 32.2. The van der Waals surface area contributed by atoms with Crippen molar-refractivity contribution in [1.29, 1.82) is 0 Å². The van der Waals surface area contributed by atoms with Crippen LogP contribution in [-0.2, 0) is 19.0 Å². The second kappa shape index (κ2) is 5.82. The van der Waals surface area contributed by atoms with Gasteiger partial charge in [0.05, 0.1) is 14.2 Å². The van der Waals surface area contributed by atoms with Crippen LogP contribution < -0.4 is 0 Å². The van der Waals surface area contributed by atoms with E-state index < -0.39 is 22.6 Å². The topological polar surface area (TPSA) is 52.6 Å². The van der Waals surface area contributed by atoms with Gasteiger partial charge in [-0.3, -0.25) is 4.18 Å². The standard InChI is InChI=1S/C13H18O4S/c1-11-2-4-13(5-3-11)18(14,15)17-10-12-6-8-16-9-7-12/h2-5,12H,6-10H2,1H3/i10D2. The Hall–Kier alpha value is -0.910. The third-order valence-corrected chi connectivity index (χ3v) is 4.02. The second-order valence-electron chi connectivity index (χ2n) is 4.36. The van der Waals surface area contributed by atoms with Crippen LogP contribution in [0.4, 0.5) is 0 Å². The van der Waals surface area contributed by atoms with Gasteiger partial charge in [-0.15, -0.1) is 0 Å². The lowest BCUT2D eigenvalue weighted by atomic mass is 10.0. The van der Waals surface area contributed by atoms with Crippen LogP contribution in [0.25, 0.3) is 0 Å². The largest absolute Gasteiger partial charge is 0.381 e. The summed E-state index contributed by atoms with van der Waals surface area (Å²) in [6, 6.07) is 6.15. The van der Waals surface area contributed by atoms with Crippen LogP contribution in [0, 0.1) is 12.8 Å². The van der Waals surface area contributed by atoms with Gasteiger partial charge in [0, 0.05) is 13.2 Å². The van der Waals surface area contributed by atoms with Crippen molar-refractivity contribution in [3.63, 3.8) is 0 Å². The van der Waals surface area contributed by atoms with Crippen LogP contribution in [0.2, 0.25) is 0 Å². The zero-order chi connectivity index (χ0) is 14.8. The molecule has 1 fully saturated rings. The number of hydrogen-bond acceptors (Lipinski definition) is 4. The molecule has 1 saturated heterocycles. The van der Waals surface area contributed by atoms with E-state index >= 15 is 0 Å². The van der Waals surface area contributed by atoms with Crippen molar-refractivity contribution in [2.24, 2.45) is 5.92 Å². The number of ether oxygens (including phenoxy) is 1. The molecule has 5 heteroatoms. The molecule has 0 N–H and O–H groups in total. The summed E-state index contributed by atoms with van der Waals surface area (Å²) in [7, 11) is -4.10. The zero-order valence-electron chi connectivity index (χ0n) is 12.3. The molecule has 1 aromatic rings. The first-order chi connectivity index (χ1) is 9.31. The summed E-state index contributed by atoms with van der Waals surface area (Å²) in [6.45, 7) is 0.488. The maximum absolute atomic E-state index is 12.1. The summed E-state index contributed by atoms with van der Waals surface area (Å²) in [5.74, 6) is -0.475. The number of rotatable bonds is 4. The van der Waals surface area contributed by atoms with Gasteiger partial charge >= 0.3 is 0 Å². The van der Waals surface area contributed by atoms with Crippen molar-refractivity contribution in [2.45, 2.75) is 24.7 Å². The first-order valence-electron chi connectivity index (χ1n) is 6.91. The minimum absolute atomic E-state index is 0.0287. The van der Waals surface area contributed by atoms with E-state index in [9.17, 15) is 8.42 Å². The molecule has 2 rings (SSSR count). The fourth-order valence-electron chi connectivity index (χ4n) is 1.70. The Kier molecular flexibility index (Phi) is 3.54. The van der Waals surface area contributed by atoms with Gasteiger partial charge in [0.2, 0.25) is 0 Å². The Morgan fingerprint density at radius 3 is 2.56 bits per heavy atom. The second-order valence-corrected chi connectivity index (χ2v) is 5.90. The van der Waals surface area contributed by atoms with E-state index in [-0.39, 0.29) is 4.90 Å². The molecule has 1 aromatic carbocycles. The maximum Gasteiger partial charge on any atom is 0.296 e. The molecule has 0 aliphatic carbocycles. The van der Waals surface area contributed by atoms with Crippen molar-refractivity contribution >= 4 is 10.1 Å². The molecular weight excluding hydrogens is 252 g/mol. The van der Waals surface area contributed by atoms with Crippen LogP contribution in [-0.4, -0.2) is 28.2 Å². The van der Waals surface area contributed by atoms with E-state index in [0.717, 1.165) is 5.56 Å². The first kappa shape index (κ1) is 11.0. The molecule has 0 radical (unpaired) electrons. The Morgan fingerprint density at radius 2 is 1.94 bits per heavy atom. The van der Waals surface area contributed by atoms with Crippen LogP contribution in [0.3, 0.4) is 0 Å². The molecule has 1 heterocycles. The number of aryl methyl sites for hydroxylation is 1. The van der Waals surface area contributed by atoms with Crippen LogP contribution in [0.1, 0.15) is 21.1 Å². The van der Waals surface area contributed by atoms with E-state index in [1.165, 1.54) is 12.1 Å². The normalized spacial score (nSPS) is 20.3. The van der Waals surface area contributed by atoms with Gasteiger partial charge in [-0.2, -0.15) is 8.42 Å². The van der Waals surface area contributed by atoms with Gasteiger partial charge in [0.1, 0.15) is 0 Å². The summed E-state index contributed by atoms with van der Waals surface area (Å²) < 4.78 is 50.0. The predicted molar refractivity (Wildman–Crippen MR) is 67.9 cm³/mol. The van der Waals surface area contributed by atoms with Gasteiger partial charge in [0.25, 0.3) is 10.1 Å². The molecule has 1 aliphatic heterocycles. The average Bonchev–Trinajstić information content (AvgIpc) is 2.39. The molecule has 18 heavy (non-hydrogen) atoms. The SMILES string of the molecule is [2H]C([2H])(OS(=O)(=O)c1ccc(C)cc1)C1CCOCC1. The monoisotopic (exact) mass is 272 g/mol. The third kappa shape index (κ3) is 3.54. The van der Waals surface area contributed by atoms with Crippen LogP contribution in [0.5, 0.6) is 0 Å². The Morgan fingerprint density at radius 1 is 1.33 bits per heavy atom. The molecule has 0 bridgehead atoms. The highest BCUT2D eigenvalue weighted by Gasteiger charge is 2.20. The summed E-state index contributed by atoms with van der Waals surface area (Å²) in [4.78, 5) is -0.0287. The Labute approximate surface area is 111 Å². The van der Waals surface area contributed by atoms with Crippen molar-refractivity contribution < 1.29 is 20.1 Å². The average molecular weight is 272 g/mol. The molecule has 0 aromatic heterocycles.